The summed E-state index contributed by atoms with van der Waals surface area (Å²) < 4.78 is 0. The van der Waals surface area contributed by atoms with E-state index in [1.54, 1.807) is 6.26 Å². The highest BCUT2D eigenvalue weighted by atomic mass is 32.2. The molecule has 0 aromatic heterocycles. The molecule has 182 valence electrons. The van der Waals surface area contributed by atoms with Gasteiger partial charge in [-0.2, -0.15) is 11.8 Å². The Kier molecular flexibility index (Phi) is 13.6. The summed E-state index contributed by atoms with van der Waals surface area (Å²) in [6.45, 7) is -0.986. The SMILES string of the molecule is CSCCC(N)C(=O)NC(CCC(=O)O)C(=O)NC(CC(=O)O)C(=O)NC(CO)C(=O)O. The van der Waals surface area contributed by atoms with E-state index in [1.165, 1.54) is 11.8 Å². The smallest absolute Gasteiger partial charge is 0.328 e. The fourth-order valence-electron chi connectivity index (χ4n) is 2.31. The van der Waals surface area contributed by atoms with Crippen molar-refractivity contribution in [2.45, 2.75) is 49.9 Å². The molecule has 0 aliphatic rings. The van der Waals surface area contributed by atoms with Crippen molar-refractivity contribution in [1.82, 2.24) is 16.0 Å². The molecule has 0 radical (unpaired) electrons. The fourth-order valence-corrected chi connectivity index (χ4v) is 2.79. The maximum atomic E-state index is 12.6. The molecule has 9 N–H and O–H groups in total. The van der Waals surface area contributed by atoms with Crippen molar-refractivity contribution >= 4 is 47.4 Å². The Bertz CT molecular complexity index is 705. The van der Waals surface area contributed by atoms with Crippen LogP contribution in [0.5, 0.6) is 0 Å². The van der Waals surface area contributed by atoms with Crippen LogP contribution in [0.25, 0.3) is 0 Å². The normalized spacial score (nSPS) is 14.3. The topological polar surface area (TPSA) is 245 Å². The lowest BCUT2D eigenvalue weighted by Crippen LogP contribution is -2.58. The Labute approximate surface area is 187 Å². The standard InChI is InChI=1S/C17H28N4O10S/c1-32-5-4-8(18)14(27)19-9(2-3-12(23)24)15(28)20-10(6-13(25)26)16(29)21-11(7-22)17(30)31/h8-11,22H,2-7,18H2,1H3,(H,19,27)(H,20,28)(H,21,29)(H,23,24)(H,25,26)(H,30,31). The van der Waals surface area contributed by atoms with Crippen LogP contribution >= 0.6 is 11.8 Å². The average molecular weight is 480 g/mol. The van der Waals surface area contributed by atoms with Gasteiger partial charge < -0.3 is 42.1 Å². The highest BCUT2D eigenvalue weighted by Crippen LogP contribution is 2.04. The van der Waals surface area contributed by atoms with E-state index < -0.39 is 79.2 Å². The van der Waals surface area contributed by atoms with E-state index >= 15 is 0 Å². The number of aliphatic hydroxyl groups excluding tert-OH is 1. The van der Waals surface area contributed by atoms with Gasteiger partial charge in [-0.3, -0.25) is 24.0 Å². The summed E-state index contributed by atoms with van der Waals surface area (Å²) in [5.41, 5.74) is 5.73. The number of carbonyl (C=O) groups is 6. The van der Waals surface area contributed by atoms with Gasteiger partial charge in [0.1, 0.15) is 18.1 Å². The number of carbonyl (C=O) groups excluding carboxylic acids is 3. The molecule has 0 aromatic carbocycles. The maximum Gasteiger partial charge on any atom is 0.328 e. The van der Waals surface area contributed by atoms with Crippen LogP contribution in [-0.4, -0.2) is 98.8 Å². The molecule has 14 nitrogen and oxygen atoms in total. The van der Waals surface area contributed by atoms with Crippen LogP contribution in [0.2, 0.25) is 0 Å². The van der Waals surface area contributed by atoms with Crippen LogP contribution in [0, 0.1) is 0 Å². The van der Waals surface area contributed by atoms with Gasteiger partial charge in [0, 0.05) is 6.42 Å². The average Bonchev–Trinajstić information content (AvgIpc) is 2.71. The predicted octanol–water partition coefficient (Wildman–Crippen LogP) is -3.06. The van der Waals surface area contributed by atoms with Crippen LogP contribution in [0.15, 0.2) is 0 Å². The molecule has 3 amide bonds. The first-order chi connectivity index (χ1) is 14.9. The van der Waals surface area contributed by atoms with E-state index in [0.29, 0.717) is 5.75 Å². The lowest BCUT2D eigenvalue weighted by Gasteiger charge is -2.24. The zero-order chi connectivity index (χ0) is 24.8. The van der Waals surface area contributed by atoms with Gasteiger partial charge in [-0.1, -0.05) is 0 Å². The first-order valence-electron chi connectivity index (χ1n) is 9.35. The van der Waals surface area contributed by atoms with Gasteiger partial charge in [0.15, 0.2) is 0 Å². The Morgan fingerprint density at radius 2 is 1.34 bits per heavy atom. The Morgan fingerprint density at radius 3 is 1.81 bits per heavy atom. The van der Waals surface area contributed by atoms with Crippen LogP contribution in [0.4, 0.5) is 0 Å². The quantitative estimate of drug-likeness (QED) is 0.110. The molecule has 32 heavy (non-hydrogen) atoms. The Hall–Kier alpha value is -2.91. The van der Waals surface area contributed by atoms with Crippen molar-refractivity contribution in [3.05, 3.63) is 0 Å². The number of rotatable bonds is 16. The molecule has 0 aliphatic carbocycles. The van der Waals surface area contributed by atoms with Gasteiger partial charge >= 0.3 is 17.9 Å². The lowest BCUT2D eigenvalue weighted by molar-refractivity contribution is -0.144. The number of carboxylic acids is 3. The van der Waals surface area contributed by atoms with Crippen molar-refractivity contribution in [3.8, 4) is 0 Å². The van der Waals surface area contributed by atoms with Crippen LogP contribution in [0.3, 0.4) is 0 Å². The minimum Gasteiger partial charge on any atom is -0.481 e. The molecule has 0 saturated heterocycles. The number of amides is 3. The zero-order valence-electron chi connectivity index (χ0n) is 17.3. The molecule has 4 unspecified atom stereocenters. The van der Waals surface area contributed by atoms with Gasteiger partial charge in [0.2, 0.25) is 17.7 Å². The first-order valence-corrected chi connectivity index (χ1v) is 10.7. The largest absolute Gasteiger partial charge is 0.481 e. The minimum absolute atomic E-state index is 0.280. The number of hydrogen-bond donors (Lipinski definition) is 8. The molecule has 4 atom stereocenters. The van der Waals surface area contributed by atoms with Crippen LogP contribution < -0.4 is 21.7 Å². The highest BCUT2D eigenvalue weighted by molar-refractivity contribution is 7.98. The third-order valence-electron chi connectivity index (χ3n) is 4.06. The van der Waals surface area contributed by atoms with Gasteiger partial charge in [-0.25, -0.2) is 4.79 Å². The second-order valence-corrected chi connectivity index (χ2v) is 7.61. The lowest BCUT2D eigenvalue weighted by atomic mass is 10.1. The number of carboxylic acid groups (broad SMARTS) is 3. The monoisotopic (exact) mass is 480 g/mol. The van der Waals surface area contributed by atoms with Gasteiger partial charge in [0.05, 0.1) is 19.1 Å². The molecular weight excluding hydrogens is 452 g/mol. The number of hydrogen-bond acceptors (Lipinski definition) is 9. The van der Waals surface area contributed by atoms with Gasteiger partial charge in [-0.15, -0.1) is 0 Å². The van der Waals surface area contributed by atoms with E-state index in [0.717, 1.165) is 0 Å². The van der Waals surface area contributed by atoms with Crippen molar-refractivity contribution in [1.29, 1.82) is 0 Å². The van der Waals surface area contributed by atoms with Crippen LogP contribution in [-0.2, 0) is 28.8 Å². The molecule has 0 aliphatic heterocycles. The molecule has 15 heteroatoms. The van der Waals surface area contributed by atoms with Crippen LogP contribution in [0.1, 0.15) is 25.7 Å². The minimum atomic E-state index is -1.76. The van der Waals surface area contributed by atoms with Crippen molar-refractivity contribution in [2.75, 3.05) is 18.6 Å². The number of aliphatic hydroxyl groups is 1. The number of thioether (sulfide) groups is 1. The second-order valence-electron chi connectivity index (χ2n) is 6.62. The Balaban J connectivity index is 5.45. The van der Waals surface area contributed by atoms with Gasteiger partial charge in [0.25, 0.3) is 0 Å². The van der Waals surface area contributed by atoms with Gasteiger partial charge in [-0.05, 0) is 24.9 Å². The van der Waals surface area contributed by atoms with E-state index in [-0.39, 0.29) is 12.8 Å². The third-order valence-corrected chi connectivity index (χ3v) is 4.70. The molecule has 0 spiro atoms. The number of nitrogens with one attached hydrogen (secondary N) is 3. The second kappa shape index (κ2) is 15.0. The summed E-state index contributed by atoms with van der Waals surface area (Å²) in [5, 5.41) is 42.0. The van der Waals surface area contributed by atoms with E-state index in [4.69, 9.17) is 26.2 Å². The molecule has 0 fully saturated rings. The third kappa shape index (κ3) is 11.5. The number of nitrogens with two attached hydrogens (primary N) is 1. The summed E-state index contributed by atoms with van der Waals surface area (Å²) in [5.74, 6) is -6.82. The highest BCUT2D eigenvalue weighted by Gasteiger charge is 2.31. The molecular formula is C17H28N4O10S. The van der Waals surface area contributed by atoms with E-state index in [9.17, 15) is 28.8 Å². The molecule has 0 heterocycles. The first kappa shape index (κ1) is 29.1. The van der Waals surface area contributed by atoms with E-state index in [1.807, 2.05) is 5.32 Å². The number of aliphatic carboxylic acids is 3. The molecule has 0 saturated carbocycles. The summed E-state index contributed by atoms with van der Waals surface area (Å²) >= 11 is 1.44. The molecule has 0 bridgehead atoms. The van der Waals surface area contributed by atoms with Crippen molar-refractivity contribution < 1.29 is 49.2 Å². The van der Waals surface area contributed by atoms with Crippen molar-refractivity contribution in [2.24, 2.45) is 5.73 Å². The van der Waals surface area contributed by atoms with E-state index in [2.05, 4.69) is 10.6 Å². The zero-order valence-corrected chi connectivity index (χ0v) is 18.1. The Morgan fingerprint density at radius 1 is 0.812 bits per heavy atom. The predicted molar refractivity (Wildman–Crippen MR) is 111 cm³/mol. The molecule has 0 rings (SSSR count). The molecule has 0 aromatic rings. The fraction of sp³-hybridized carbons (Fsp3) is 0.647. The summed E-state index contributed by atoms with van der Waals surface area (Å²) in [6, 6.07) is -5.94. The van der Waals surface area contributed by atoms with Crippen molar-refractivity contribution in [3.63, 3.8) is 0 Å². The maximum absolute atomic E-state index is 12.6. The summed E-state index contributed by atoms with van der Waals surface area (Å²) in [7, 11) is 0. The summed E-state index contributed by atoms with van der Waals surface area (Å²) in [6.07, 6.45) is 0.231. The summed E-state index contributed by atoms with van der Waals surface area (Å²) in [4.78, 5) is 70.0.